The predicted molar refractivity (Wildman–Crippen MR) is 178 cm³/mol. The van der Waals surface area contributed by atoms with Gasteiger partial charge in [0.1, 0.15) is 0 Å². The third kappa shape index (κ3) is 8.65. The molecule has 2 fully saturated rings. The summed E-state index contributed by atoms with van der Waals surface area (Å²) in [7, 11) is -0.867. The molecule has 0 saturated heterocycles. The second-order valence-electron chi connectivity index (χ2n) is 10.3. The maximum absolute atomic E-state index is 2.27. The standard InChI is InChI=1S/2C19H18P.Fe/c2*1-15-7-11-18(12-8-15)20(17-5-3-4-6-17)19-13-9-16(2)10-14-19;/h2*3-14H,1-2H3;/q;;+2. The maximum atomic E-state index is 2.27. The fraction of sp³-hybridized carbons (Fsp3) is 0.105. The van der Waals surface area contributed by atoms with Gasteiger partial charge >= 0.3 is 17.1 Å². The van der Waals surface area contributed by atoms with Crippen molar-refractivity contribution in [1.29, 1.82) is 0 Å². The van der Waals surface area contributed by atoms with Crippen LogP contribution in [0.15, 0.2) is 97.1 Å². The number of aryl methyl sites for hydroxylation is 4. The molecule has 0 N–H and O–H groups in total. The molecule has 204 valence electrons. The van der Waals surface area contributed by atoms with Gasteiger partial charge in [-0.25, -0.2) is 0 Å². The molecule has 0 spiro atoms. The average molecular weight is 610 g/mol. The van der Waals surface area contributed by atoms with E-state index in [-0.39, 0.29) is 17.1 Å². The molecule has 0 unspecified atom stereocenters. The molecule has 4 aromatic carbocycles. The van der Waals surface area contributed by atoms with E-state index in [0.29, 0.717) is 0 Å². The molecule has 0 amide bonds. The fourth-order valence-corrected chi connectivity index (χ4v) is 9.21. The van der Waals surface area contributed by atoms with Crippen LogP contribution in [0.2, 0.25) is 0 Å². The molecule has 0 heterocycles. The summed E-state index contributed by atoms with van der Waals surface area (Å²) in [6, 6.07) is 35.9. The molecule has 2 aliphatic rings. The van der Waals surface area contributed by atoms with Gasteiger partial charge in [0.2, 0.25) is 0 Å². The van der Waals surface area contributed by atoms with Gasteiger partial charge in [-0.05, 0) is 116 Å². The van der Waals surface area contributed by atoms with Crippen molar-refractivity contribution in [3.63, 3.8) is 0 Å². The molecular weight excluding hydrogens is 574 g/mol. The molecule has 0 aromatic heterocycles. The van der Waals surface area contributed by atoms with Gasteiger partial charge < -0.3 is 0 Å². The van der Waals surface area contributed by atoms with Gasteiger partial charge in [0.05, 0.1) is 0 Å². The van der Waals surface area contributed by atoms with Crippen LogP contribution in [-0.4, -0.2) is 0 Å². The largest absolute Gasteiger partial charge is 2.00 e. The first kappa shape index (κ1) is 32.2. The van der Waals surface area contributed by atoms with Crippen molar-refractivity contribution in [1.82, 2.24) is 0 Å². The zero-order valence-electron chi connectivity index (χ0n) is 24.1. The van der Waals surface area contributed by atoms with Crippen molar-refractivity contribution in [2.45, 2.75) is 27.7 Å². The predicted octanol–water partition coefficient (Wildman–Crippen LogP) is 8.20. The van der Waals surface area contributed by atoms with Gasteiger partial charge in [-0.15, -0.1) is 0 Å². The third-order valence-electron chi connectivity index (χ3n) is 6.98. The smallest absolute Gasteiger partial charge is 0.0587 e. The van der Waals surface area contributed by atoms with E-state index in [2.05, 4.69) is 176 Å². The van der Waals surface area contributed by atoms with Gasteiger partial charge in [-0.3, -0.25) is 0 Å². The zero-order valence-corrected chi connectivity index (χ0v) is 27.0. The Hall–Kier alpha value is -1.74. The molecule has 2 saturated carbocycles. The summed E-state index contributed by atoms with van der Waals surface area (Å²) in [6.07, 6.45) is 17.5. The molecule has 0 bridgehead atoms. The monoisotopic (exact) mass is 610 g/mol. The Morgan fingerprint density at radius 3 is 0.707 bits per heavy atom. The van der Waals surface area contributed by atoms with Crippen LogP contribution in [0, 0.1) is 90.4 Å². The van der Waals surface area contributed by atoms with Crippen LogP contribution in [0.4, 0.5) is 0 Å². The third-order valence-corrected chi connectivity index (χ3v) is 11.9. The SMILES string of the molecule is Cc1ccc(P([C]2[CH][CH][CH][CH]2)c2ccc(C)cc2)cc1.Cc1ccc(P([C]2[CH][CH][CH][CH]2)c2ccc(C)cc2)cc1.[Fe+2]. The minimum atomic E-state index is -0.434. The Bertz CT molecular complexity index is 1120. The van der Waals surface area contributed by atoms with Crippen molar-refractivity contribution in [2.75, 3.05) is 0 Å². The first-order valence-corrected chi connectivity index (χ1v) is 16.5. The van der Waals surface area contributed by atoms with Crippen molar-refractivity contribution in [2.24, 2.45) is 0 Å². The molecule has 0 aliphatic heterocycles. The number of hydrogen-bond acceptors (Lipinski definition) is 0. The molecule has 10 radical (unpaired) electrons. The van der Waals surface area contributed by atoms with Crippen molar-refractivity contribution >= 4 is 37.1 Å². The topological polar surface area (TPSA) is 0 Å². The summed E-state index contributed by atoms with van der Waals surface area (Å²) in [5.41, 5.74) is 8.11. The van der Waals surface area contributed by atoms with Gasteiger partial charge in [0.15, 0.2) is 0 Å². The molecule has 0 nitrogen and oxygen atoms in total. The van der Waals surface area contributed by atoms with Crippen molar-refractivity contribution in [3.8, 4) is 0 Å². The van der Waals surface area contributed by atoms with E-state index in [1.54, 1.807) is 0 Å². The van der Waals surface area contributed by atoms with Gasteiger partial charge in [-0.1, -0.05) is 119 Å². The minimum absolute atomic E-state index is 0. The van der Waals surface area contributed by atoms with Crippen molar-refractivity contribution < 1.29 is 17.1 Å². The van der Waals surface area contributed by atoms with E-state index in [4.69, 9.17) is 0 Å². The molecule has 2 aliphatic carbocycles. The number of rotatable bonds is 6. The zero-order chi connectivity index (χ0) is 27.9. The van der Waals surface area contributed by atoms with E-state index in [1.807, 2.05) is 0 Å². The number of benzene rings is 4. The normalized spacial score (nSPS) is 15.6. The van der Waals surface area contributed by atoms with Crippen LogP contribution in [0.25, 0.3) is 0 Å². The second-order valence-corrected chi connectivity index (χ2v) is 14.7. The quantitative estimate of drug-likeness (QED) is 0.153. The van der Waals surface area contributed by atoms with Gasteiger partial charge in [-0.2, -0.15) is 0 Å². The molecule has 41 heavy (non-hydrogen) atoms. The molecule has 4 aromatic rings. The molecule has 3 heteroatoms. The van der Waals surface area contributed by atoms with Crippen LogP contribution >= 0.6 is 15.8 Å². The molecule has 6 rings (SSSR count). The maximum Gasteiger partial charge on any atom is 2.00 e. The average Bonchev–Trinajstić information content (AvgIpc) is 3.69. The van der Waals surface area contributed by atoms with E-state index < -0.39 is 15.8 Å². The van der Waals surface area contributed by atoms with Gasteiger partial charge in [0.25, 0.3) is 0 Å². The summed E-state index contributed by atoms with van der Waals surface area (Å²) in [4.78, 5) is 0. The van der Waals surface area contributed by atoms with Crippen molar-refractivity contribution in [3.05, 3.63) is 182 Å². The van der Waals surface area contributed by atoms with Crippen LogP contribution in [0.5, 0.6) is 0 Å². The first-order valence-electron chi connectivity index (χ1n) is 13.8. The van der Waals surface area contributed by atoms with E-state index in [1.165, 1.54) is 54.8 Å². The summed E-state index contributed by atoms with van der Waals surface area (Å²) >= 11 is 0. The second kappa shape index (κ2) is 15.6. The Morgan fingerprint density at radius 1 is 0.317 bits per heavy atom. The summed E-state index contributed by atoms with van der Waals surface area (Å²) in [5, 5.41) is 5.67. The Labute approximate surface area is 262 Å². The van der Waals surface area contributed by atoms with Gasteiger partial charge in [0, 0.05) is 11.3 Å². The summed E-state index contributed by atoms with van der Waals surface area (Å²) in [6.45, 7) is 8.56. The van der Waals surface area contributed by atoms with Crippen LogP contribution in [-0.2, 0) is 17.1 Å². The number of hydrogen-bond donors (Lipinski definition) is 0. The van der Waals surface area contributed by atoms with E-state index in [0.717, 1.165) is 0 Å². The fourth-order valence-electron chi connectivity index (χ4n) is 4.70. The van der Waals surface area contributed by atoms with Crippen LogP contribution < -0.4 is 21.2 Å². The van der Waals surface area contributed by atoms with E-state index in [9.17, 15) is 0 Å². The Balaban J connectivity index is 0.000000184. The summed E-state index contributed by atoms with van der Waals surface area (Å²) < 4.78 is 0. The molecular formula is C38H36FeP2+2. The first-order chi connectivity index (χ1) is 19.5. The Morgan fingerprint density at radius 2 is 0.512 bits per heavy atom. The van der Waals surface area contributed by atoms with Crippen LogP contribution in [0.3, 0.4) is 0 Å². The molecule has 0 atom stereocenters. The Kier molecular flexibility index (Phi) is 12.3. The minimum Gasteiger partial charge on any atom is -0.0587 e. The van der Waals surface area contributed by atoms with Crippen LogP contribution in [0.1, 0.15) is 22.3 Å². The summed E-state index contributed by atoms with van der Waals surface area (Å²) in [5.74, 6) is 0. The van der Waals surface area contributed by atoms with E-state index >= 15 is 0 Å².